The highest BCUT2D eigenvalue weighted by Gasteiger charge is 2.18. The number of anilines is 1. The van der Waals surface area contributed by atoms with Crippen LogP contribution < -0.4 is 21.5 Å². The Bertz CT molecular complexity index is 786. The van der Waals surface area contributed by atoms with Crippen LogP contribution in [0.15, 0.2) is 41.0 Å². The minimum atomic E-state index is -0.847. The fourth-order valence-corrected chi connectivity index (χ4v) is 2.21. The summed E-state index contributed by atoms with van der Waals surface area (Å²) in [7, 11) is 0. The van der Waals surface area contributed by atoms with E-state index in [1.807, 2.05) is 32.0 Å². The molecule has 8 heteroatoms. The first-order valence-electron chi connectivity index (χ1n) is 8.11. The molecule has 3 amide bonds. The standard InChI is InChI=1S/C18H22N4O4/c1-11-6-7-14(12(2)9-11)19-10-16(23)21-22-17(24)13(3)20-18(25)15-5-4-8-26-15/h4-9,13,19H,10H2,1-3H3,(H,20,25)(H,21,23)(H,22,24). The molecule has 2 rings (SSSR count). The third-order valence-corrected chi connectivity index (χ3v) is 3.63. The Balaban J connectivity index is 1.73. The fourth-order valence-electron chi connectivity index (χ4n) is 2.21. The van der Waals surface area contributed by atoms with Crippen molar-refractivity contribution in [1.29, 1.82) is 0 Å². The second-order valence-corrected chi connectivity index (χ2v) is 5.88. The van der Waals surface area contributed by atoms with Crippen LogP contribution in [0, 0.1) is 13.8 Å². The molecule has 138 valence electrons. The molecule has 0 fully saturated rings. The van der Waals surface area contributed by atoms with Gasteiger partial charge in [0.2, 0.25) is 0 Å². The first-order valence-corrected chi connectivity index (χ1v) is 8.11. The van der Waals surface area contributed by atoms with E-state index in [1.54, 1.807) is 6.07 Å². The maximum atomic E-state index is 11.9. The van der Waals surface area contributed by atoms with Crippen molar-refractivity contribution >= 4 is 23.4 Å². The van der Waals surface area contributed by atoms with Gasteiger partial charge in [0, 0.05) is 5.69 Å². The lowest BCUT2D eigenvalue weighted by molar-refractivity contribution is -0.128. The number of hydrogen-bond acceptors (Lipinski definition) is 5. The summed E-state index contributed by atoms with van der Waals surface area (Å²) >= 11 is 0. The number of carbonyl (C=O) groups is 3. The number of hydrogen-bond donors (Lipinski definition) is 4. The molecular weight excluding hydrogens is 336 g/mol. The molecule has 1 unspecified atom stereocenters. The summed E-state index contributed by atoms with van der Waals surface area (Å²) in [4.78, 5) is 35.6. The SMILES string of the molecule is Cc1ccc(NCC(=O)NNC(=O)C(C)NC(=O)c2ccco2)c(C)c1. The minimum Gasteiger partial charge on any atom is -0.459 e. The van der Waals surface area contributed by atoms with Crippen LogP contribution in [0.3, 0.4) is 0 Å². The highest BCUT2D eigenvalue weighted by molar-refractivity contribution is 5.95. The van der Waals surface area contributed by atoms with Gasteiger partial charge in [0.25, 0.3) is 17.7 Å². The number of benzene rings is 1. The normalized spacial score (nSPS) is 11.3. The van der Waals surface area contributed by atoms with E-state index in [0.717, 1.165) is 16.8 Å². The number of amides is 3. The summed E-state index contributed by atoms with van der Waals surface area (Å²) in [5, 5.41) is 5.46. The lowest BCUT2D eigenvalue weighted by atomic mass is 10.1. The lowest BCUT2D eigenvalue weighted by Gasteiger charge is -2.14. The zero-order valence-corrected chi connectivity index (χ0v) is 14.9. The van der Waals surface area contributed by atoms with Gasteiger partial charge >= 0.3 is 0 Å². The number of carbonyl (C=O) groups excluding carboxylic acids is 3. The second kappa shape index (κ2) is 8.70. The Kier molecular flexibility index (Phi) is 6.37. The average molecular weight is 358 g/mol. The number of nitrogens with one attached hydrogen (secondary N) is 4. The van der Waals surface area contributed by atoms with Crippen LogP contribution in [-0.2, 0) is 9.59 Å². The largest absolute Gasteiger partial charge is 0.459 e. The van der Waals surface area contributed by atoms with Gasteiger partial charge in [-0.1, -0.05) is 17.7 Å². The molecule has 1 heterocycles. The Labute approximate surface area is 151 Å². The molecule has 0 bridgehead atoms. The van der Waals surface area contributed by atoms with E-state index < -0.39 is 23.8 Å². The van der Waals surface area contributed by atoms with E-state index in [1.165, 1.54) is 19.3 Å². The van der Waals surface area contributed by atoms with Crippen molar-refractivity contribution in [2.75, 3.05) is 11.9 Å². The van der Waals surface area contributed by atoms with E-state index >= 15 is 0 Å². The van der Waals surface area contributed by atoms with Crippen LogP contribution in [0.4, 0.5) is 5.69 Å². The van der Waals surface area contributed by atoms with Gasteiger partial charge in [0.05, 0.1) is 12.8 Å². The lowest BCUT2D eigenvalue weighted by Crippen LogP contribution is -2.52. The number of aryl methyl sites for hydroxylation is 2. The van der Waals surface area contributed by atoms with Gasteiger partial charge in [-0.3, -0.25) is 25.2 Å². The molecule has 8 nitrogen and oxygen atoms in total. The van der Waals surface area contributed by atoms with Crippen LogP contribution in [0.5, 0.6) is 0 Å². The van der Waals surface area contributed by atoms with Crippen molar-refractivity contribution in [2.24, 2.45) is 0 Å². The Morgan fingerprint density at radius 3 is 2.54 bits per heavy atom. The molecule has 1 aromatic carbocycles. The summed E-state index contributed by atoms with van der Waals surface area (Å²) in [6.07, 6.45) is 1.36. The van der Waals surface area contributed by atoms with Crippen molar-refractivity contribution in [2.45, 2.75) is 26.8 Å². The molecule has 1 atom stereocenters. The Hall–Kier alpha value is -3.29. The van der Waals surface area contributed by atoms with Crippen LogP contribution in [-0.4, -0.2) is 30.3 Å². The van der Waals surface area contributed by atoms with Crippen molar-refractivity contribution in [3.8, 4) is 0 Å². The molecule has 0 spiro atoms. The summed E-state index contributed by atoms with van der Waals surface area (Å²) < 4.78 is 4.94. The van der Waals surface area contributed by atoms with E-state index in [4.69, 9.17) is 4.42 Å². The quantitative estimate of drug-likeness (QED) is 0.581. The third-order valence-electron chi connectivity index (χ3n) is 3.63. The first-order chi connectivity index (χ1) is 12.4. The van der Waals surface area contributed by atoms with Crippen molar-refractivity contribution in [3.05, 3.63) is 53.5 Å². The van der Waals surface area contributed by atoms with E-state index in [0.29, 0.717) is 0 Å². The van der Waals surface area contributed by atoms with Crippen molar-refractivity contribution < 1.29 is 18.8 Å². The molecule has 0 radical (unpaired) electrons. The van der Waals surface area contributed by atoms with Gasteiger partial charge in [0.1, 0.15) is 6.04 Å². The van der Waals surface area contributed by atoms with Gasteiger partial charge in [-0.2, -0.15) is 0 Å². The van der Waals surface area contributed by atoms with Gasteiger partial charge < -0.3 is 15.1 Å². The van der Waals surface area contributed by atoms with E-state index in [-0.39, 0.29) is 12.3 Å². The van der Waals surface area contributed by atoms with Crippen molar-refractivity contribution in [1.82, 2.24) is 16.2 Å². The predicted molar refractivity (Wildman–Crippen MR) is 96.3 cm³/mol. The summed E-state index contributed by atoms with van der Waals surface area (Å²) in [5.41, 5.74) is 7.57. The van der Waals surface area contributed by atoms with Crippen LogP contribution in [0.1, 0.15) is 28.6 Å². The molecule has 1 aromatic heterocycles. The summed E-state index contributed by atoms with van der Waals surface area (Å²) in [6.45, 7) is 5.43. The van der Waals surface area contributed by atoms with Gasteiger partial charge in [-0.15, -0.1) is 0 Å². The monoisotopic (exact) mass is 358 g/mol. The topological polar surface area (TPSA) is 112 Å². The first kappa shape index (κ1) is 19.0. The van der Waals surface area contributed by atoms with Gasteiger partial charge in [0.15, 0.2) is 5.76 Å². The number of hydrazine groups is 1. The van der Waals surface area contributed by atoms with Crippen LogP contribution in [0.2, 0.25) is 0 Å². The predicted octanol–water partition coefficient (Wildman–Crippen LogP) is 1.27. The Morgan fingerprint density at radius 1 is 1.12 bits per heavy atom. The molecule has 26 heavy (non-hydrogen) atoms. The minimum absolute atomic E-state index is 0.00266. The number of furan rings is 1. The zero-order chi connectivity index (χ0) is 19.1. The maximum Gasteiger partial charge on any atom is 0.287 e. The smallest absolute Gasteiger partial charge is 0.287 e. The highest BCUT2D eigenvalue weighted by atomic mass is 16.3. The molecule has 0 aliphatic carbocycles. The molecule has 0 aliphatic heterocycles. The van der Waals surface area contributed by atoms with E-state index in [2.05, 4.69) is 21.5 Å². The molecule has 4 N–H and O–H groups in total. The molecule has 0 saturated heterocycles. The van der Waals surface area contributed by atoms with Gasteiger partial charge in [-0.25, -0.2) is 0 Å². The highest BCUT2D eigenvalue weighted by Crippen LogP contribution is 2.15. The number of rotatable bonds is 6. The third kappa shape index (κ3) is 5.37. The van der Waals surface area contributed by atoms with E-state index in [9.17, 15) is 14.4 Å². The molecular formula is C18H22N4O4. The summed E-state index contributed by atoms with van der Waals surface area (Å²) in [5.74, 6) is -1.38. The van der Waals surface area contributed by atoms with Gasteiger partial charge in [-0.05, 0) is 44.5 Å². The molecule has 0 saturated carbocycles. The van der Waals surface area contributed by atoms with Crippen LogP contribution in [0.25, 0.3) is 0 Å². The molecule has 2 aromatic rings. The maximum absolute atomic E-state index is 11.9. The summed E-state index contributed by atoms with van der Waals surface area (Å²) in [6, 6.07) is 8.05. The fraction of sp³-hybridized carbons (Fsp3) is 0.278. The van der Waals surface area contributed by atoms with Crippen molar-refractivity contribution in [3.63, 3.8) is 0 Å². The Morgan fingerprint density at radius 2 is 1.88 bits per heavy atom. The zero-order valence-electron chi connectivity index (χ0n) is 14.9. The molecule has 0 aliphatic rings. The average Bonchev–Trinajstić information content (AvgIpc) is 3.13. The van der Waals surface area contributed by atoms with Crippen LogP contribution >= 0.6 is 0 Å². The second-order valence-electron chi connectivity index (χ2n) is 5.88.